The summed E-state index contributed by atoms with van der Waals surface area (Å²) in [5.41, 5.74) is 2.62. The van der Waals surface area contributed by atoms with Gasteiger partial charge in [0.15, 0.2) is 5.13 Å². The number of carbonyl (C=O) groups excluding carboxylic acids is 1. The fourth-order valence-electron chi connectivity index (χ4n) is 2.26. The predicted octanol–water partition coefficient (Wildman–Crippen LogP) is 4.85. The number of carbonyl (C=O) groups is 1. The molecule has 1 amide bonds. The number of hydrogen-bond donors (Lipinski definition) is 1. The van der Waals surface area contributed by atoms with E-state index < -0.39 is 0 Å². The topological polar surface area (TPSA) is 55.1 Å². The number of rotatable bonds is 4. The molecule has 0 saturated carbocycles. The molecule has 0 aliphatic carbocycles. The van der Waals surface area contributed by atoms with Gasteiger partial charge in [-0.2, -0.15) is 0 Å². The van der Waals surface area contributed by atoms with Crippen LogP contribution in [-0.2, 0) is 6.42 Å². The third kappa shape index (κ3) is 3.46. The van der Waals surface area contributed by atoms with Crippen molar-refractivity contribution in [3.05, 3.63) is 69.1 Å². The second kappa shape index (κ2) is 6.56. The van der Waals surface area contributed by atoms with Gasteiger partial charge < -0.3 is 4.42 Å². The highest BCUT2D eigenvalue weighted by Gasteiger charge is 2.14. The number of aromatic nitrogens is 1. The van der Waals surface area contributed by atoms with E-state index in [9.17, 15) is 4.79 Å². The van der Waals surface area contributed by atoms with Gasteiger partial charge in [-0.1, -0.05) is 29.8 Å². The highest BCUT2D eigenvalue weighted by molar-refractivity contribution is 7.15. The van der Waals surface area contributed by atoms with Crippen molar-refractivity contribution in [3.8, 4) is 0 Å². The summed E-state index contributed by atoms with van der Waals surface area (Å²) in [7, 11) is 0. The highest BCUT2D eigenvalue weighted by Crippen LogP contribution is 2.27. The first kappa shape index (κ1) is 15.8. The van der Waals surface area contributed by atoms with Gasteiger partial charge in [0.05, 0.1) is 11.8 Å². The lowest BCUT2D eigenvalue weighted by Crippen LogP contribution is -2.11. The average Bonchev–Trinajstić information content (AvgIpc) is 3.13. The molecule has 0 aliphatic heterocycles. The van der Waals surface area contributed by atoms with Crippen LogP contribution in [0.15, 0.2) is 41.1 Å². The van der Waals surface area contributed by atoms with Crippen LogP contribution >= 0.6 is 22.9 Å². The Kier molecular flexibility index (Phi) is 4.50. The Morgan fingerprint density at radius 3 is 2.91 bits per heavy atom. The van der Waals surface area contributed by atoms with Crippen LogP contribution in [0.2, 0.25) is 5.02 Å². The SMILES string of the molecule is Cc1cccc(Cc2cnc(NC(=O)c3ccoc3C)s2)c1Cl. The Balaban J connectivity index is 1.72. The van der Waals surface area contributed by atoms with Crippen LogP contribution < -0.4 is 5.32 Å². The van der Waals surface area contributed by atoms with Crippen molar-refractivity contribution in [3.63, 3.8) is 0 Å². The molecule has 0 spiro atoms. The van der Waals surface area contributed by atoms with E-state index in [2.05, 4.69) is 10.3 Å². The van der Waals surface area contributed by atoms with Gasteiger partial charge in [0.2, 0.25) is 0 Å². The van der Waals surface area contributed by atoms with Gasteiger partial charge in [-0.3, -0.25) is 10.1 Å². The van der Waals surface area contributed by atoms with Crippen LogP contribution in [0.5, 0.6) is 0 Å². The number of halogens is 1. The first-order valence-corrected chi connectivity index (χ1v) is 8.28. The first-order valence-electron chi connectivity index (χ1n) is 7.08. The Morgan fingerprint density at radius 2 is 2.17 bits per heavy atom. The van der Waals surface area contributed by atoms with Gasteiger partial charge in [-0.05, 0) is 31.0 Å². The van der Waals surface area contributed by atoms with E-state index in [0.29, 0.717) is 22.9 Å². The summed E-state index contributed by atoms with van der Waals surface area (Å²) >= 11 is 7.76. The van der Waals surface area contributed by atoms with Crippen molar-refractivity contribution in [2.24, 2.45) is 0 Å². The van der Waals surface area contributed by atoms with Crippen molar-refractivity contribution in [1.82, 2.24) is 4.98 Å². The molecule has 0 radical (unpaired) electrons. The van der Waals surface area contributed by atoms with Gasteiger partial charge in [0, 0.05) is 22.5 Å². The number of nitrogens with zero attached hydrogens (tertiary/aromatic N) is 1. The normalized spacial score (nSPS) is 10.7. The summed E-state index contributed by atoms with van der Waals surface area (Å²) in [6, 6.07) is 7.62. The predicted molar refractivity (Wildman–Crippen MR) is 92.5 cm³/mol. The molecule has 0 fully saturated rings. The Morgan fingerprint density at radius 1 is 1.35 bits per heavy atom. The molecule has 0 unspecified atom stereocenters. The summed E-state index contributed by atoms with van der Waals surface area (Å²) in [4.78, 5) is 17.4. The summed E-state index contributed by atoms with van der Waals surface area (Å²) in [5.74, 6) is 0.372. The minimum Gasteiger partial charge on any atom is -0.469 e. The Hall–Kier alpha value is -2.11. The molecule has 1 N–H and O–H groups in total. The molecular weight excluding hydrogens is 332 g/mol. The Labute approximate surface area is 143 Å². The standard InChI is InChI=1S/C17H15ClN2O2S/c1-10-4-3-5-12(15(10)18)8-13-9-19-17(23-13)20-16(21)14-6-7-22-11(14)2/h3-7,9H,8H2,1-2H3,(H,19,20,21). The summed E-state index contributed by atoms with van der Waals surface area (Å²) < 4.78 is 5.14. The lowest BCUT2D eigenvalue weighted by atomic mass is 10.1. The van der Waals surface area contributed by atoms with Crippen LogP contribution in [0, 0.1) is 13.8 Å². The summed E-state index contributed by atoms with van der Waals surface area (Å²) in [5, 5.41) is 4.14. The number of thiazole rings is 1. The van der Waals surface area contributed by atoms with E-state index in [1.807, 2.05) is 25.1 Å². The average molecular weight is 347 g/mol. The summed E-state index contributed by atoms with van der Waals surface area (Å²) in [6.45, 7) is 3.74. The largest absolute Gasteiger partial charge is 0.469 e. The second-order valence-electron chi connectivity index (χ2n) is 5.20. The molecule has 3 rings (SSSR count). The third-order valence-corrected chi connectivity index (χ3v) is 4.97. The highest BCUT2D eigenvalue weighted by atomic mass is 35.5. The van der Waals surface area contributed by atoms with Gasteiger partial charge in [-0.25, -0.2) is 4.98 Å². The number of amides is 1. The minimum atomic E-state index is -0.217. The van der Waals surface area contributed by atoms with Gasteiger partial charge in [0.1, 0.15) is 5.76 Å². The van der Waals surface area contributed by atoms with E-state index in [1.54, 1.807) is 19.2 Å². The van der Waals surface area contributed by atoms with E-state index >= 15 is 0 Å². The maximum absolute atomic E-state index is 12.1. The number of benzene rings is 1. The number of furan rings is 1. The van der Waals surface area contributed by atoms with Crippen molar-refractivity contribution < 1.29 is 9.21 Å². The first-order chi connectivity index (χ1) is 11.0. The molecule has 6 heteroatoms. The second-order valence-corrected chi connectivity index (χ2v) is 6.69. The van der Waals surface area contributed by atoms with Crippen molar-refractivity contribution in [1.29, 1.82) is 0 Å². The molecule has 0 bridgehead atoms. The molecule has 118 valence electrons. The van der Waals surface area contributed by atoms with Gasteiger partial charge in [0.25, 0.3) is 5.91 Å². The fraction of sp³-hybridized carbons (Fsp3) is 0.176. The van der Waals surface area contributed by atoms with Crippen LogP contribution in [-0.4, -0.2) is 10.9 Å². The maximum atomic E-state index is 12.1. The lowest BCUT2D eigenvalue weighted by Gasteiger charge is -2.04. The Bertz CT molecular complexity index is 854. The van der Waals surface area contributed by atoms with Crippen LogP contribution in [0.3, 0.4) is 0 Å². The molecule has 2 aromatic heterocycles. The van der Waals surface area contributed by atoms with E-state index in [-0.39, 0.29) is 5.91 Å². The lowest BCUT2D eigenvalue weighted by molar-refractivity contribution is 0.102. The molecule has 4 nitrogen and oxygen atoms in total. The molecule has 2 heterocycles. The maximum Gasteiger partial charge on any atom is 0.260 e. The number of aryl methyl sites for hydroxylation is 2. The zero-order chi connectivity index (χ0) is 16.4. The molecule has 23 heavy (non-hydrogen) atoms. The monoisotopic (exact) mass is 346 g/mol. The molecule has 0 aliphatic rings. The summed E-state index contributed by atoms with van der Waals surface area (Å²) in [6.07, 6.45) is 3.96. The molecular formula is C17H15ClN2O2S. The van der Waals surface area contributed by atoms with Crippen molar-refractivity contribution in [2.45, 2.75) is 20.3 Å². The molecule has 1 aromatic carbocycles. The fourth-order valence-corrected chi connectivity index (χ4v) is 3.29. The molecule has 3 aromatic rings. The van der Waals surface area contributed by atoms with Gasteiger partial charge >= 0.3 is 0 Å². The smallest absolute Gasteiger partial charge is 0.260 e. The van der Waals surface area contributed by atoms with Gasteiger partial charge in [-0.15, -0.1) is 11.3 Å². The quantitative estimate of drug-likeness (QED) is 0.734. The van der Waals surface area contributed by atoms with Crippen LogP contribution in [0.1, 0.15) is 32.1 Å². The zero-order valence-electron chi connectivity index (χ0n) is 12.7. The van der Waals surface area contributed by atoms with Crippen LogP contribution in [0.4, 0.5) is 5.13 Å². The van der Waals surface area contributed by atoms with E-state index in [4.69, 9.17) is 16.0 Å². The van der Waals surface area contributed by atoms with Crippen molar-refractivity contribution in [2.75, 3.05) is 5.32 Å². The molecule has 0 saturated heterocycles. The molecule has 0 atom stereocenters. The minimum absolute atomic E-state index is 0.217. The number of nitrogens with one attached hydrogen (secondary N) is 1. The van der Waals surface area contributed by atoms with E-state index in [0.717, 1.165) is 21.0 Å². The third-order valence-electron chi connectivity index (χ3n) is 3.51. The van der Waals surface area contributed by atoms with Crippen LogP contribution in [0.25, 0.3) is 0 Å². The van der Waals surface area contributed by atoms with E-state index in [1.165, 1.54) is 17.6 Å². The zero-order valence-corrected chi connectivity index (χ0v) is 14.3. The van der Waals surface area contributed by atoms with Crippen molar-refractivity contribution >= 4 is 34.0 Å². The number of hydrogen-bond acceptors (Lipinski definition) is 4. The number of anilines is 1.